The Bertz CT molecular complexity index is 596. The molecule has 0 aromatic heterocycles. The van der Waals surface area contributed by atoms with Crippen molar-refractivity contribution in [3.8, 4) is 0 Å². The molecule has 0 atom stereocenters. The molecule has 2 aromatic carbocycles. The summed E-state index contributed by atoms with van der Waals surface area (Å²) in [6, 6.07) is 12.8. The van der Waals surface area contributed by atoms with Gasteiger partial charge in [0.1, 0.15) is 0 Å². The maximum atomic E-state index is 6.40. The first-order valence-corrected chi connectivity index (χ1v) is 8.04. The summed E-state index contributed by atoms with van der Waals surface area (Å²) in [6.45, 7) is 8.19. The molecular formula is C17H20ClNS. The molecule has 0 fully saturated rings. The Balaban J connectivity index is 2.19. The number of aryl methyl sites for hydroxylation is 2. The summed E-state index contributed by atoms with van der Waals surface area (Å²) < 4.78 is 0. The summed E-state index contributed by atoms with van der Waals surface area (Å²) in [4.78, 5) is 2.38. The van der Waals surface area contributed by atoms with Gasteiger partial charge in [0.2, 0.25) is 0 Å². The third-order valence-electron chi connectivity index (χ3n) is 3.14. The molecule has 0 bridgehead atoms. The highest BCUT2D eigenvalue weighted by atomic mass is 35.5. The van der Waals surface area contributed by atoms with E-state index >= 15 is 0 Å². The first kappa shape index (κ1) is 15.4. The zero-order chi connectivity index (χ0) is 14.5. The van der Waals surface area contributed by atoms with Crippen LogP contribution in [-0.2, 0) is 6.54 Å². The zero-order valence-corrected chi connectivity index (χ0v) is 13.7. The Morgan fingerprint density at radius 2 is 1.85 bits per heavy atom. The van der Waals surface area contributed by atoms with Gasteiger partial charge < -0.3 is 5.32 Å². The van der Waals surface area contributed by atoms with Crippen molar-refractivity contribution in [2.24, 2.45) is 0 Å². The van der Waals surface area contributed by atoms with E-state index in [0.717, 1.165) is 23.0 Å². The van der Waals surface area contributed by atoms with Gasteiger partial charge in [0.05, 0.1) is 5.02 Å². The monoisotopic (exact) mass is 305 g/mol. The minimum atomic E-state index is 0.825. The van der Waals surface area contributed by atoms with Gasteiger partial charge >= 0.3 is 0 Å². The lowest BCUT2D eigenvalue weighted by Crippen LogP contribution is -2.11. The number of hydrogen-bond acceptors (Lipinski definition) is 2. The molecule has 0 aliphatic rings. The van der Waals surface area contributed by atoms with Crippen LogP contribution in [0.3, 0.4) is 0 Å². The molecule has 2 aromatic rings. The van der Waals surface area contributed by atoms with E-state index in [1.54, 1.807) is 11.8 Å². The summed E-state index contributed by atoms with van der Waals surface area (Å²) in [6.07, 6.45) is 0. The average molecular weight is 306 g/mol. The lowest BCUT2D eigenvalue weighted by atomic mass is 10.2. The lowest BCUT2D eigenvalue weighted by molar-refractivity contribution is 0.726. The average Bonchev–Trinajstić information content (AvgIpc) is 2.43. The topological polar surface area (TPSA) is 12.0 Å². The van der Waals surface area contributed by atoms with Gasteiger partial charge in [-0.3, -0.25) is 0 Å². The molecule has 0 amide bonds. The number of hydrogen-bond donors (Lipinski definition) is 1. The maximum absolute atomic E-state index is 6.40. The normalized spacial score (nSPS) is 10.8. The predicted molar refractivity (Wildman–Crippen MR) is 88.9 cm³/mol. The second-order valence-corrected chi connectivity index (χ2v) is 6.41. The second-order valence-electron chi connectivity index (χ2n) is 4.92. The Morgan fingerprint density at radius 1 is 1.05 bits per heavy atom. The van der Waals surface area contributed by atoms with Crippen LogP contribution in [-0.4, -0.2) is 6.54 Å². The van der Waals surface area contributed by atoms with Crippen molar-refractivity contribution in [1.82, 2.24) is 5.32 Å². The SMILES string of the molecule is CCNCc1ccc(Sc2cc(C)ccc2C)c(Cl)c1. The Morgan fingerprint density at radius 3 is 2.55 bits per heavy atom. The van der Waals surface area contributed by atoms with Gasteiger partial charge in [0.15, 0.2) is 0 Å². The van der Waals surface area contributed by atoms with E-state index in [9.17, 15) is 0 Å². The Hall–Kier alpha value is -0.960. The molecule has 1 nitrogen and oxygen atoms in total. The Labute approximate surface area is 130 Å². The van der Waals surface area contributed by atoms with Crippen LogP contribution in [0.1, 0.15) is 23.6 Å². The fraction of sp³-hybridized carbons (Fsp3) is 0.294. The molecule has 1 N–H and O–H groups in total. The molecule has 3 heteroatoms. The number of rotatable bonds is 5. The smallest absolute Gasteiger partial charge is 0.0548 e. The van der Waals surface area contributed by atoms with Crippen molar-refractivity contribution >= 4 is 23.4 Å². The van der Waals surface area contributed by atoms with Crippen molar-refractivity contribution < 1.29 is 0 Å². The summed E-state index contributed by atoms with van der Waals surface area (Å²) in [7, 11) is 0. The fourth-order valence-corrected chi connectivity index (χ4v) is 3.26. The third kappa shape index (κ3) is 4.02. The minimum Gasteiger partial charge on any atom is -0.313 e. The van der Waals surface area contributed by atoms with Crippen molar-refractivity contribution in [2.45, 2.75) is 37.1 Å². The molecule has 20 heavy (non-hydrogen) atoms. The van der Waals surface area contributed by atoms with Crippen LogP contribution < -0.4 is 5.32 Å². The lowest BCUT2D eigenvalue weighted by Gasteiger charge is -2.10. The van der Waals surface area contributed by atoms with Crippen LogP contribution in [0.4, 0.5) is 0 Å². The van der Waals surface area contributed by atoms with E-state index in [2.05, 4.69) is 62.5 Å². The number of halogens is 1. The number of nitrogens with one attached hydrogen (secondary N) is 1. The second kappa shape index (κ2) is 7.16. The first-order chi connectivity index (χ1) is 9.60. The molecule has 0 heterocycles. The predicted octanol–water partition coefficient (Wildman–Crippen LogP) is 5.22. The van der Waals surface area contributed by atoms with Crippen LogP contribution in [0, 0.1) is 13.8 Å². The van der Waals surface area contributed by atoms with Crippen LogP contribution in [0.15, 0.2) is 46.2 Å². The minimum absolute atomic E-state index is 0.825. The van der Waals surface area contributed by atoms with Gasteiger partial charge in [-0.1, -0.05) is 48.5 Å². The summed E-state index contributed by atoms with van der Waals surface area (Å²) in [5, 5.41) is 4.14. The molecule has 0 saturated carbocycles. The molecule has 0 unspecified atom stereocenters. The summed E-state index contributed by atoms with van der Waals surface area (Å²) in [5.74, 6) is 0. The molecule has 2 rings (SSSR count). The van der Waals surface area contributed by atoms with Crippen molar-refractivity contribution in [2.75, 3.05) is 6.54 Å². The zero-order valence-electron chi connectivity index (χ0n) is 12.2. The highest BCUT2D eigenvalue weighted by molar-refractivity contribution is 7.99. The molecule has 0 aliphatic heterocycles. The van der Waals surface area contributed by atoms with E-state index < -0.39 is 0 Å². The van der Waals surface area contributed by atoms with Crippen LogP contribution in [0.25, 0.3) is 0 Å². The van der Waals surface area contributed by atoms with Gasteiger partial charge in [0.25, 0.3) is 0 Å². The molecule has 106 valence electrons. The molecule has 0 radical (unpaired) electrons. The third-order valence-corrected chi connectivity index (χ3v) is 4.80. The summed E-state index contributed by atoms with van der Waals surface area (Å²) >= 11 is 8.14. The Kier molecular flexibility index (Phi) is 5.53. The number of benzene rings is 2. The standard InChI is InChI=1S/C17H20ClNS/c1-4-19-11-14-7-8-16(15(18)10-14)20-17-9-12(2)5-6-13(17)3/h5-10,19H,4,11H2,1-3H3. The van der Waals surface area contributed by atoms with Gasteiger partial charge in [-0.2, -0.15) is 0 Å². The van der Waals surface area contributed by atoms with Crippen LogP contribution in [0.5, 0.6) is 0 Å². The van der Waals surface area contributed by atoms with Crippen molar-refractivity contribution in [1.29, 1.82) is 0 Å². The first-order valence-electron chi connectivity index (χ1n) is 6.84. The molecule has 0 aliphatic carbocycles. The van der Waals surface area contributed by atoms with Gasteiger partial charge in [-0.05, 0) is 55.3 Å². The fourth-order valence-electron chi connectivity index (χ4n) is 1.94. The van der Waals surface area contributed by atoms with Gasteiger partial charge in [0, 0.05) is 16.3 Å². The van der Waals surface area contributed by atoms with Crippen LogP contribution in [0.2, 0.25) is 5.02 Å². The van der Waals surface area contributed by atoms with Crippen LogP contribution >= 0.6 is 23.4 Å². The maximum Gasteiger partial charge on any atom is 0.0548 e. The highest BCUT2D eigenvalue weighted by Gasteiger charge is 2.06. The van der Waals surface area contributed by atoms with E-state index in [0.29, 0.717) is 0 Å². The van der Waals surface area contributed by atoms with E-state index in [4.69, 9.17) is 11.6 Å². The van der Waals surface area contributed by atoms with E-state index in [1.165, 1.54) is 21.6 Å². The molecular weight excluding hydrogens is 286 g/mol. The van der Waals surface area contributed by atoms with E-state index in [-0.39, 0.29) is 0 Å². The molecule has 0 spiro atoms. The van der Waals surface area contributed by atoms with Crippen molar-refractivity contribution in [3.63, 3.8) is 0 Å². The van der Waals surface area contributed by atoms with Gasteiger partial charge in [-0.15, -0.1) is 0 Å². The summed E-state index contributed by atoms with van der Waals surface area (Å²) in [5.41, 5.74) is 3.79. The van der Waals surface area contributed by atoms with Gasteiger partial charge in [-0.25, -0.2) is 0 Å². The largest absolute Gasteiger partial charge is 0.313 e. The van der Waals surface area contributed by atoms with Crippen molar-refractivity contribution in [3.05, 3.63) is 58.1 Å². The quantitative estimate of drug-likeness (QED) is 0.813. The molecule has 0 saturated heterocycles. The van der Waals surface area contributed by atoms with E-state index in [1.807, 2.05) is 0 Å². The highest BCUT2D eigenvalue weighted by Crippen LogP contribution is 2.35.